The van der Waals surface area contributed by atoms with Gasteiger partial charge in [-0.25, -0.2) is 9.97 Å². The summed E-state index contributed by atoms with van der Waals surface area (Å²) in [6.07, 6.45) is 3.70. The second kappa shape index (κ2) is 7.06. The zero-order valence-electron chi connectivity index (χ0n) is 10.8. The molecule has 0 aliphatic rings. The Labute approximate surface area is 103 Å². The molecule has 1 heterocycles. The molecule has 96 valence electrons. The first kappa shape index (κ1) is 13.7. The van der Waals surface area contributed by atoms with Crippen LogP contribution < -0.4 is 15.8 Å². The van der Waals surface area contributed by atoms with Gasteiger partial charge in [-0.2, -0.15) is 0 Å². The molecule has 3 N–H and O–H groups in total. The summed E-state index contributed by atoms with van der Waals surface area (Å²) in [6.45, 7) is 6.77. The third kappa shape index (κ3) is 5.49. The molecule has 1 rings (SSSR count). The summed E-state index contributed by atoms with van der Waals surface area (Å²) in [5.74, 6) is 1.34. The first-order valence-corrected chi connectivity index (χ1v) is 6.10. The molecule has 1 aromatic rings. The number of nitrogens with zero attached hydrogens (tertiary/aromatic N) is 2. The molecule has 0 bridgehead atoms. The third-order valence-corrected chi connectivity index (χ3v) is 2.20. The third-order valence-electron chi connectivity index (χ3n) is 2.20. The molecule has 0 aliphatic heterocycles. The molecule has 17 heavy (non-hydrogen) atoms. The molecular weight excluding hydrogens is 216 g/mol. The van der Waals surface area contributed by atoms with Crippen molar-refractivity contribution in [3.05, 3.63) is 12.4 Å². The van der Waals surface area contributed by atoms with E-state index in [9.17, 15) is 0 Å². The van der Waals surface area contributed by atoms with Crippen LogP contribution in [0, 0.1) is 0 Å². The molecule has 1 unspecified atom stereocenters. The van der Waals surface area contributed by atoms with E-state index in [1.165, 1.54) is 6.33 Å². The van der Waals surface area contributed by atoms with E-state index in [4.69, 9.17) is 10.5 Å². The first-order chi connectivity index (χ1) is 8.11. The Morgan fingerprint density at radius 2 is 2.18 bits per heavy atom. The summed E-state index contributed by atoms with van der Waals surface area (Å²) < 4.78 is 5.49. The molecule has 0 saturated heterocycles. The van der Waals surface area contributed by atoms with Crippen LogP contribution in [-0.2, 0) is 0 Å². The van der Waals surface area contributed by atoms with Gasteiger partial charge in [0, 0.05) is 18.7 Å². The fourth-order valence-corrected chi connectivity index (χ4v) is 1.45. The number of hydrogen-bond acceptors (Lipinski definition) is 5. The number of ether oxygens (including phenoxy) is 1. The lowest BCUT2D eigenvalue weighted by Crippen LogP contribution is -2.29. The normalized spacial score (nSPS) is 12.5. The smallest absolute Gasteiger partial charge is 0.218 e. The van der Waals surface area contributed by atoms with Crippen molar-refractivity contribution in [2.45, 2.75) is 45.8 Å². The Kier molecular flexibility index (Phi) is 5.69. The van der Waals surface area contributed by atoms with Crippen LogP contribution in [0.2, 0.25) is 0 Å². The van der Waals surface area contributed by atoms with E-state index >= 15 is 0 Å². The molecule has 0 radical (unpaired) electrons. The van der Waals surface area contributed by atoms with E-state index in [2.05, 4.69) is 22.2 Å². The fraction of sp³-hybridized carbons (Fsp3) is 0.667. The van der Waals surface area contributed by atoms with Crippen LogP contribution in [0.5, 0.6) is 5.88 Å². The van der Waals surface area contributed by atoms with E-state index < -0.39 is 0 Å². The average Bonchev–Trinajstić information content (AvgIpc) is 2.26. The van der Waals surface area contributed by atoms with Crippen molar-refractivity contribution >= 4 is 5.82 Å². The lowest BCUT2D eigenvalue weighted by atomic mass is 10.2. The molecule has 1 atom stereocenters. The Bertz CT molecular complexity index is 330. The Morgan fingerprint density at radius 1 is 1.41 bits per heavy atom. The highest BCUT2D eigenvalue weighted by molar-refractivity contribution is 5.37. The van der Waals surface area contributed by atoms with Crippen molar-refractivity contribution in [2.24, 2.45) is 5.73 Å². The van der Waals surface area contributed by atoms with Crippen LogP contribution >= 0.6 is 0 Å². The summed E-state index contributed by atoms with van der Waals surface area (Å²) in [6, 6.07) is 1.95. The lowest BCUT2D eigenvalue weighted by Gasteiger charge is -2.13. The highest BCUT2D eigenvalue weighted by Crippen LogP contribution is 2.12. The van der Waals surface area contributed by atoms with Gasteiger partial charge < -0.3 is 15.8 Å². The highest BCUT2D eigenvalue weighted by Gasteiger charge is 2.04. The Hall–Kier alpha value is -1.36. The Balaban J connectivity index is 2.48. The van der Waals surface area contributed by atoms with Crippen molar-refractivity contribution in [3.8, 4) is 5.88 Å². The van der Waals surface area contributed by atoms with Crippen LogP contribution in [-0.4, -0.2) is 28.7 Å². The van der Waals surface area contributed by atoms with E-state index in [0.29, 0.717) is 12.4 Å². The van der Waals surface area contributed by atoms with Gasteiger partial charge in [0.05, 0.1) is 6.10 Å². The molecule has 0 fully saturated rings. The van der Waals surface area contributed by atoms with Gasteiger partial charge in [-0.1, -0.05) is 13.3 Å². The van der Waals surface area contributed by atoms with Crippen molar-refractivity contribution in [1.82, 2.24) is 9.97 Å². The SMILES string of the molecule is CCCC(N)CNc1cc(OC(C)C)ncn1. The van der Waals surface area contributed by atoms with Gasteiger partial charge >= 0.3 is 0 Å². The van der Waals surface area contributed by atoms with Gasteiger partial charge in [-0.3, -0.25) is 0 Å². The summed E-state index contributed by atoms with van der Waals surface area (Å²) in [5.41, 5.74) is 5.91. The summed E-state index contributed by atoms with van der Waals surface area (Å²) >= 11 is 0. The van der Waals surface area contributed by atoms with Crippen LogP contribution in [0.4, 0.5) is 5.82 Å². The van der Waals surface area contributed by atoms with E-state index in [0.717, 1.165) is 18.7 Å². The van der Waals surface area contributed by atoms with E-state index in [1.54, 1.807) is 6.07 Å². The van der Waals surface area contributed by atoms with Crippen LogP contribution in [0.15, 0.2) is 12.4 Å². The molecule has 0 amide bonds. The minimum absolute atomic E-state index is 0.111. The number of hydrogen-bond donors (Lipinski definition) is 2. The zero-order valence-corrected chi connectivity index (χ0v) is 10.8. The minimum atomic E-state index is 0.111. The standard InChI is InChI=1S/C12H22N4O/c1-4-5-10(13)7-14-11-6-12(16-8-15-11)17-9(2)3/h6,8-10H,4-5,7,13H2,1-3H3,(H,14,15,16). The van der Waals surface area contributed by atoms with Gasteiger partial charge in [-0.05, 0) is 20.3 Å². The van der Waals surface area contributed by atoms with Crippen molar-refractivity contribution < 1.29 is 4.74 Å². The number of rotatable bonds is 7. The Morgan fingerprint density at radius 3 is 2.82 bits per heavy atom. The maximum absolute atomic E-state index is 5.91. The molecule has 0 spiro atoms. The van der Waals surface area contributed by atoms with Crippen molar-refractivity contribution in [2.75, 3.05) is 11.9 Å². The molecule has 1 aromatic heterocycles. The quantitative estimate of drug-likeness (QED) is 0.757. The monoisotopic (exact) mass is 238 g/mol. The molecule has 0 aliphatic carbocycles. The number of aromatic nitrogens is 2. The number of anilines is 1. The first-order valence-electron chi connectivity index (χ1n) is 6.10. The van der Waals surface area contributed by atoms with Gasteiger partial charge in [0.2, 0.25) is 5.88 Å². The van der Waals surface area contributed by atoms with Gasteiger partial charge in [-0.15, -0.1) is 0 Å². The maximum Gasteiger partial charge on any atom is 0.218 e. The second-order valence-electron chi connectivity index (χ2n) is 4.34. The molecule has 5 nitrogen and oxygen atoms in total. The molecule has 0 aromatic carbocycles. The highest BCUT2D eigenvalue weighted by atomic mass is 16.5. The largest absolute Gasteiger partial charge is 0.475 e. The van der Waals surface area contributed by atoms with Gasteiger partial charge in [0.15, 0.2) is 0 Å². The summed E-state index contributed by atoms with van der Waals surface area (Å²) in [5, 5.41) is 3.19. The maximum atomic E-state index is 5.91. The van der Waals surface area contributed by atoms with Gasteiger partial charge in [0.25, 0.3) is 0 Å². The predicted molar refractivity (Wildman–Crippen MR) is 69.2 cm³/mol. The summed E-state index contributed by atoms with van der Waals surface area (Å²) in [4.78, 5) is 8.16. The summed E-state index contributed by atoms with van der Waals surface area (Å²) in [7, 11) is 0. The fourth-order valence-electron chi connectivity index (χ4n) is 1.45. The van der Waals surface area contributed by atoms with Crippen molar-refractivity contribution in [3.63, 3.8) is 0 Å². The second-order valence-corrected chi connectivity index (χ2v) is 4.34. The van der Waals surface area contributed by atoms with E-state index in [-0.39, 0.29) is 12.1 Å². The van der Waals surface area contributed by atoms with Crippen LogP contribution in [0.25, 0.3) is 0 Å². The average molecular weight is 238 g/mol. The number of nitrogens with one attached hydrogen (secondary N) is 1. The molecule has 0 saturated carbocycles. The van der Waals surface area contributed by atoms with Crippen molar-refractivity contribution in [1.29, 1.82) is 0 Å². The van der Waals surface area contributed by atoms with Gasteiger partial charge in [0.1, 0.15) is 12.1 Å². The molecular formula is C12H22N4O. The lowest BCUT2D eigenvalue weighted by molar-refractivity contribution is 0.232. The number of nitrogens with two attached hydrogens (primary N) is 1. The minimum Gasteiger partial charge on any atom is -0.475 e. The zero-order chi connectivity index (χ0) is 12.7. The van der Waals surface area contributed by atoms with Crippen LogP contribution in [0.3, 0.4) is 0 Å². The molecule has 5 heteroatoms. The van der Waals surface area contributed by atoms with Crippen LogP contribution in [0.1, 0.15) is 33.6 Å². The topological polar surface area (TPSA) is 73.1 Å². The predicted octanol–water partition coefficient (Wildman–Crippen LogP) is 1.80. The van der Waals surface area contributed by atoms with E-state index in [1.807, 2.05) is 13.8 Å².